The highest BCUT2D eigenvalue weighted by molar-refractivity contribution is 5.23. The number of aryl methyl sites for hydroxylation is 1. The number of anilines is 1. The van der Waals surface area contributed by atoms with Gasteiger partial charge in [-0.3, -0.25) is 4.68 Å². The summed E-state index contributed by atoms with van der Waals surface area (Å²) in [5.41, 5.74) is 0. The minimum atomic E-state index is 0.494. The number of aromatic nitrogens is 3. The lowest BCUT2D eigenvalue weighted by Gasteiger charge is -2.35. The van der Waals surface area contributed by atoms with Gasteiger partial charge in [-0.2, -0.15) is 0 Å². The minimum Gasteiger partial charge on any atom is -0.350 e. The number of nitrogens with zero attached hydrogens (tertiary/aromatic N) is 3. The highest BCUT2D eigenvalue weighted by atomic mass is 15.4. The molecule has 1 aliphatic rings. The summed E-state index contributed by atoms with van der Waals surface area (Å²) in [7, 11) is 1.89. The molecule has 1 aliphatic heterocycles. The zero-order chi connectivity index (χ0) is 12.3. The van der Waals surface area contributed by atoms with E-state index in [2.05, 4.69) is 34.6 Å². The van der Waals surface area contributed by atoms with Crippen LogP contribution in [-0.2, 0) is 7.05 Å². The third-order valence-electron chi connectivity index (χ3n) is 3.53. The summed E-state index contributed by atoms with van der Waals surface area (Å²) in [5, 5.41) is 11.4. The molecule has 1 saturated heterocycles. The van der Waals surface area contributed by atoms with Crippen LogP contribution >= 0.6 is 0 Å². The molecule has 17 heavy (non-hydrogen) atoms. The fraction of sp³-hybridized carbons (Fsp3) is 0.833. The summed E-state index contributed by atoms with van der Waals surface area (Å²) < 4.78 is 1.73. The Morgan fingerprint density at radius 2 is 2.00 bits per heavy atom. The van der Waals surface area contributed by atoms with Crippen molar-refractivity contribution in [1.82, 2.24) is 20.1 Å². The van der Waals surface area contributed by atoms with Crippen LogP contribution < -0.4 is 10.6 Å². The quantitative estimate of drug-likeness (QED) is 0.834. The van der Waals surface area contributed by atoms with Gasteiger partial charge in [-0.25, -0.2) is 4.98 Å². The molecule has 0 radical (unpaired) electrons. The molecule has 2 heterocycles. The van der Waals surface area contributed by atoms with Gasteiger partial charge in [0, 0.05) is 25.2 Å². The monoisotopic (exact) mass is 237 g/mol. The zero-order valence-corrected chi connectivity index (χ0v) is 11.0. The molecule has 5 nitrogen and oxygen atoms in total. The summed E-state index contributed by atoms with van der Waals surface area (Å²) in [5.74, 6) is 0.754. The van der Waals surface area contributed by atoms with E-state index in [9.17, 15) is 0 Å². The first-order valence-electron chi connectivity index (χ1n) is 6.59. The molecule has 1 fully saturated rings. The Labute approximate surface area is 103 Å². The van der Waals surface area contributed by atoms with E-state index < -0.39 is 0 Å². The predicted molar refractivity (Wildman–Crippen MR) is 68.9 cm³/mol. The van der Waals surface area contributed by atoms with Crippen LogP contribution in [0.25, 0.3) is 0 Å². The Balaban J connectivity index is 1.95. The smallest absolute Gasteiger partial charge is 0.242 e. The second kappa shape index (κ2) is 5.49. The molecule has 2 unspecified atom stereocenters. The fourth-order valence-electron chi connectivity index (χ4n) is 2.53. The van der Waals surface area contributed by atoms with Gasteiger partial charge in [0.15, 0.2) is 0 Å². The lowest BCUT2D eigenvalue weighted by Crippen LogP contribution is -2.49. The van der Waals surface area contributed by atoms with Crippen LogP contribution in [0.15, 0.2) is 6.33 Å². The summed E-state index contributed by atoms with van der Waals surface area (Å²) in [6, 6.07) is 1.73. The maximum atomic E-state index is 4.28. The predicted octanol–water partition coefficient (Wildman–Crippen LogP) is 1.54. The molecule has 0 amide bonds. The van der Waals surface area contributed by atoms with Gasteiger partial charge in [0.2, 0.25) is 5.95 Å². The van der Waals surface area contributed by atoms with Crippen molar-refractivity contribution in [3.63, 3.8) is 0 Å². The molecule has 2 rings (SSSR count). The van der Waals surface area contributed by atoms with Crippen molar-refractivity contribution in [1.29, 1.82) is 0 Å². The van der Waals surface area contributed by atoms with Gasteiger partial charge in [0.1, 0.15) is 6.33 Å². The van der Waals surface area contributed by atoms with E-state index in [1.807, 2.05) is 7.05 Å². The maximum Gasteiger partial charge on any atom is 0.242 e. The normalized spacial score (nSPS) is 29.2. The van der Waals surface area contributed by atoms with Crippen LogP contribution in [0.2, 0.25) is 0 Å². The standard InChI is InChI=1S/C12H23N5/c1-4-9-6-11(7-10(5-2)14-9)15-12-13-8-17(3)16-12/h8-11,14H,4-7H2,1-3H3,(H,15,16). The molecule has 1 aromatic heterocycles. The lowest BCUT2D eigenvalue weighted by atomic mass is 9.91. The number of hydrogen-bond acceptors (Lipinski definition) is 4. The third-order valence-corrected chi connectivity index (χ3v) is 3.53. The molecular weight excluding hydrogens is 214 g/mol. The molecule has 0 saturated carbocycles. The van der Waals surface area contributed by atoms with Gasteiger partial charge in [-0.1, -0.05) is 13.8 Å². The largest absolute Gasteiger partial charge is 0.350 e. The Hall–Kier alpha value is -1.10. The topological polar surface area (TPSA) is 54.8 Å². The van der Waals surface area contributed by atoms with E-state index in [0.29, 0.717) is 18.1 Å². The molecule has 0 bridgehead atoms. The molecule has 5 heteroatoms. The van der Waals surface area contributed by atoms with Gasteiger partial charge in [0.05, 0.1) is 0 Å². The molecular formula is C12H23N5. The van der Waals surface area contributed by atoms with E-state index in [1.54, 1.807) is 11.0 Å². The SMILES string of the molecule is CCC1CC(Nc2ncn(C)n2)CC(CC)N1. The van der Waals surface area contributed by atoms with Gasteiger partial charge < -0.3 is 10.6 Å². The average molecular weight is 237 g/mol. The average Bonchev–Trinajstić information content (AvgIpc) is 2.74. The summed E-state index contributed by atoms with van der Waals surface area (Å²) in [6.45, 7) is 4.48. The Kier molecular flexibility index (Phi) is 3.99. The van der Waals surface area contributed by atoms with Crippen molar-refractivity contribution < 1.29 is 0 Å². The fourth-order valence-corrected chi connectivity index (χ4v) is 2.53. The van der Waals surface area contributed by atoms with Crippen LogP contribution in [0.5, 0.6) is 0 Å². The van der Waals surface area contributed by atoms with Crippen molar-refractivity contribution in [2.45, 2.75) is 57.7 Å². The van der Waals surface area contributed by atoms with Gasteiger partial charge in [0.25, 0.3) is 0 Å². The zero-order valence-electron chi connectivity index (χ0n) is 11.0. The van der Waals surface area contributed by atoms with Crippen LogP contribution in [0.4, 0.5) is 5.95 Å². The van der Waals surface area contributed by atoms with Crippen LogP contribution in [0, 0.1) is 0 Å². The Bertz CT molecular complexity index is 336. The van der Waals surface area contributed by atoms with Crippen LogP contribution in [0.1, 0.15) is 39.5 Å². The number of piperidine rings is 1. The van der Waals surface area contributed by atoms with Crippen LogP contribution in [0.3, 0.4) is 0 Å². The summed E-state index contributed by atoms with van der Waals surface area (Å²) in [4.78, 5) is 4.23. The van der Waals surface area contributed by atoms with E-state index in [1.165, 1.54) is 12.8 Å². The molecule has 0 spiro atoms. The summed E-state index contributed by atoms with van der Waals surface area (Å²) in [6.07, 6.45) is 6.42. The van der Waals surface area contributed by atoms with Gasteiger partial charge in [-0.15, -0.1) is 5.10 Å². The summed E-state index contributed by atoms with van der Waals surface area (Å²) >= 11 is 0. The number of rotatable bonds is 4. The maximum absolute atomic E-state index is 4.28. The van der Waals surface area contributed by atoms with E-state index >= 15 is 0 Å². The highest BCUT2D eigenvalue weighted by Gasteiger charge is 2.26. The first kappa shape index (κ1) is 12.4. The Morgan fingerprint density at radius 3 is 2.47 bits per heavy atom. The van der Waals surface area contributed by atoms with Crippen molar-refractivity contribution >= 4 is 5.95 Å². The second-order valence-corrected chi connectivity index (χ2v) is 4.93. The van der Waals surface area contributed by atoms with Crippen molar-refractivity contribution in [2.24, 2.45) is 7.05 Å². The molecule has 2 atom stereocenters. The molecule has 96 valence electrons. The second-order valence-electron chi connectivity index (χ2n) is 4.93. The lowest BCUT2D eigenvalue weighted by molar-refractivity contribution is 0.289. The van der Waals surface area contributed by atoms with Crippen molar-refractivity contribution in [3.8, 4) is 0 Å². The van der Waals surface area contributed by atoms with E-state index in [0.717, 1.165) is 18.8 Å². The molecule has 1 aromatic rings. The van der Waals surface area contributed by atoms with E-state index in [4.69, 9.17) is 0 Å². The van der Waals surface area contributed by atoms with Crippen LogP contribution in [-0.4, -0.2) is 32.9 Å². The van der Waals surface area contributed by atoms with Crippen molar-refractivity contribution in [2.75, 3.05) is 5.32 Å². The van der Waals surface area contributed by atoms with Crippen molar-refractivity contribution in [3.05, 3.63) is 6.33 Å². The molecule has 2 N–H and O–H groups in total. The number of nitrogens with one attached hydrogen (secondary N) is 2. The van der Waals surface area contributed by atoms with E-state index in [-0.39, 0.29) is 0 Å². The van der Waals surface area contributed by atoms with Gasteiger partial charge in [-0.05, 0) is 25.7 Å². The molecule has 0 aromatic carbocycles. The molecule has 0 aliphatic carbocycles. The Morgan fingerprint density at radius 1 is 1.35 bits per heavy atom. The van der Waals surface area contributed by atoms with Gasteiger partial charge >= 0.3 is 0 Å². The first-order valence-corrected chi connectivity index (χ1v) is 6.59. The third kappa shape index (κ3) is 3.19. The minimum absolute atomic E-state index is 0.494. The highest BCUT2D eigenvalue weighted by Crippen LogP contribution is 2.20. The number of hydrogen-bond donors (Lipinski definition) is 2. The first-order chi connectivity index (χ1) is 8.21.